The lowest BCUT2D eigenvalue weighted by atomic mass is 10.3. The summed E-state index contributed by atoms with van der Waals surface area (Å²) in [6, 6.07) is 9.04. The number of rotatable bonds is 3. The van der Waals surface area contributed by atoms with Crippen LogP contribution in [0.15, 0.2) is 42.7 Å². The lowest BCUT2D eigenvalue weighted by Crippen LogP contribution is -2.19. The number of urea groups is 1. The normalized spacial score (nSPS) is 10.9. The summed E-state index contributed by atoms with van der Waals surface area (Å²) in [5.74, 6) is 1.15. The lowest BCUT2D eigenvalue weighted by molar-refractivity contribution is 0.262. The van der Waals surface area contributed by atoms with Crippen LogP contribution in [-0.4, -0.2) is 30.8 Å². The summed E-state index contributed by atoms with van der Waals surface area (Å²) >= 11 is 1.42. The van der Waals surface area contributed by atoms with Gasteiger partial charge in [0.1, 0.15) is 5.69 Å². The molecule has 120 valence electrons. The van der Waals surface area contributed by atoms with E-state index >= 15 is 0 Å². The van der Waals surface area contributed by atoms with Gasteiger partial charge in [-0.15, -0.1) is 0 Å². The molecule has 1 aromatic carbocycles. The predicted molar refractivity (Wildman–Crippen MR) is 93.1 cm³/mol. The maximum atomic E-state index is 12.1. The van der Waals surface area contributed by atoms with Gasteiger partial charge < -0.3 is 4.57 Å². The molecule has 9 heteroatoms. The van der Waals surface area contributed by atoms with Crippen LogP contribution in [0, 0.1) is 0 Å². The van der Waals surface area contributed by atoms with E-state index in [0.717, 1.165) is 21.7 Å². The highest BCUT2D eigenvalue weighted by Crippen LogP contribution is 2.25. The molecule has 0 bridgehead atoms. The van der Waals surface area contributed by atoms with E-state index in [9.17, 15) is 4.79 Å². The van der Waals surface area contributed by atoms with E-state index in [0.29, 0.717) is 10.9 Å². The summed E-state index contributed by atoms with van der Waals surface area (Å²) in [4.78, 5) is 20.7. The fraction of sp³-hybridized carbons (Fsp3) is 0.0667. The van der Waals surface area contributed by atoms with Crippen molar-refractivity contribution >= 4 is 38.5 Å². The topological polar surface area (TPSA) is 101 Å². The van der Waals surface area contributed by atoms with Gasteiger partial charge in [-0.25, -0.2) is 14.8 Å². The molecule has 2 amide bonds. The molecule has 3 N–H and O–H groups in total. The zero-order chi connectivity index (χ0) is 16.5. The average molecular weight is 339 g/mol. The maximum Gasteiger partial charge on any atom is 0.326 e. The van der Waals surface area contributed by atoms with Gasteiger partial charge in [-0.2, -0.15) is 5.10 Å². The highest BCUT2D eigenvalue weighted by molar-refractivity contribution is 7.22. The van der Waals surface area contributed by atoms with Gasteiger partial charge in [0.2, 0.25) is 0 Å². The van der Waals surface area contributed by atoms with Crippen molar-refractivity contribution in [3.8, 4) is 11.5 Å². The minimum atomic E-state index is -0.396. The number of imidazole rings is 1. The Kier molecular flexibility index (Phi) is 3.47. The number of carbonyl (C=O) groups excluding carboxylic acids is 1. The number of para-hydroxylation sites is 1. The number of amides is 2. The number of anilines is 2. The van der Waals surface area contributed by atoms with Crippen LogP contribution in [0.5, 0.6) is 0 Å². The molecule has 4 aromatic rings. The van der Waals surface area contributed by atoms with Crippen molar-refractivity contribution in [1.29, 1.82) is 0 Å². The van der Waals surface area contributed by atoms with Crippen molar-refractivity contribution in [3.63, 3.8) is 0 Å². The highest BCUT2D eigenvalue weighted by atomic mass is 32.1. The zero-order valence-corrected chi connectivity index (χ0v) is 13.5. The van der Waals surface area contributed by atoms with Crippen LogP contribution < -0.4 is 10.6 Å². The van der Waals surface area contributed by atoms with Crippen molar-refractivity contribution in [1.82, 2.24) is 24.7 Å². The Morgan fingerprint density at radius 2 is 2.17 bits per heavy atom. The number of aryl methyl sites for hydroxylation is 1. The van der Waals surface area contributed by atoms with Gasteiger partial charge in [0.25, 0.3) is 0 Å². The third kappa shape index (κ3) is 2.72. The first-order chi connectivity index (χ1) is 11.7. The molecular weight excluding hydrogens is 326 g/mol. The predicted octanol–water partition coefficient (Wildman–Crippen LogP) is 3.06. The van der Waals surface area contributed by atoms with Crippen LogP contribution in [0.2, 0.25) is 0 Å². The number of thiazole rings is 1. The standard InChI is InChI=1S/C15H13N7OS/c1-22-7-6-16-13(22)10-8-12(21-20-10)18-14(23)19-15-17-9-4-2-3-5-11(9)24-15/h2-8H,1H3,(H3,17,18,19,20,21,23). The fourth-order valence-electron chi connectivity index (χ4n) is 2.30. The second kappa shape index (κ2) is 5.78. The Balaban J connectivity index is 1.46. The Bertz CT molecular complexity index is 983. The fourth-order valence-corrected chi connectivity index (χ4v) is 3.16. The zero-order valence-electron chi connectivity index (χ0n) is 12.6. The van der Waals surface area contributed by atoms with Gasteiger partial charge in [-0.05, 0) is 12.1 Å². The minimum absolute atomic E-state index is 0.396. The summed E-state index contributed by atoms with van der Waals surface area (Å²) < 4.78 is 2.88. The summed E-state index contributed by atoms with van der Waals surface area (Å²) in [6.07, 6.45) is 3.53. The van der Waals surface area contributed by atoms with E-state index < -0.39 is 6.03 Å². The molecule has 0 atom stereocenters. The number of nitrogens with one attached hydrogen (secondary N) is 3. The molecule has 24 heavy (non-hydrogen) atoms. The molecule has 0 radical (unpaired) electrons. The van der Waals surface area contributed by atoms with Crippen LogP contribution in [-0.2, 0) is 7.05 Å². The monoisotopic (exact) mass is 339 g/mol. The number of H-pyrrole nitrogens is 1. The number of benzene rings is 1. The number of hydrogen-bond acceptors (Lipinski definition) is 5. The minimum Gasteiger partial charge on any atom is -0.333 e. The first-order valence-electron chi connectivity index (χ1n) is 7.16. The molecule has 8 nitrogen and oxygen atoms in total. The van der Waals surface area contributed by atoms with E-state index in [1.165, 1.54) is 11.3 Å². The van der Waals surface area contributed by atoms with E-state index in [2.05, 4.69) is 30.8 Å². The lowest BCUT2D eigenvalue weighted by Gasteiger charge is -2.01. The largest absolute Gasteiger partial charge is 0.333 e. The van der Waals surface area contributed by atoms with Crippen LogP contribution in [0.1, 0.15) is 0 Å². The Labute approximate surface area is 140 Å². The van der Waals surface area contributed by atoms with Crippen molar-refractivity contribution < 1.29 is 4.79 Å². The Morgan fingerprint density at radius 1 is 1.29 bits per heavy atom. The van der Waals surface area contributed by atoms with Gasteiger partial charge >= 0.3 is 6.03 Å². The van der Waals surface area contributed by atoms with Crippen molar-refractivity contribution in [3.05, 3.63) is 42.7 Å². The first-order valence-corrected chi connectivity index (χ1v) is 7.97. The molecule has 0 aliphatic heterocycles. The number of hydrogen-bond donors (Lipinski definition) is 3. The molecule has 4 rings (SSSR count). The van der Waals surface area contributed by atoms with Crippen LogP contribution in [0.25, 0.3) is 21.7 Å². The molecule has 0 fully saturated rings. The first kappa shape index (κ1) is 14.4. The highest BCUT2D eigenvalue weighted by Gasteiger charge is 2.11. The van der Waals surface area contributed by atoms with E-state index in [4.69, 9.17) is 0 Å². The third-order valence-corrected chi connectivity index (χ3v) is 4.35. The Hall–Kier alpha value is -3.20. The van der Waals surface area contributed by atoms with Crippen molar-refractivity contribution in [2.45, 2.75) is 0 Å². The average Bonchev–Trinajstić information content (AvgIpc) is 3.26. The van der Waals surface area contributed by atoms with Gasteiger partial charge in [-0.1, -0.05) is 23.5 Å². The summed E-state index contributed by atoms with van der Waals surface area (Å²) in [5.41, 5.74) is 1.58. The number of fused-ring (bicyclic) bond motifs is 1. The van der Waals surface area contributed by atoms with Gasteiger partial charge in [0.05, 0.1) is 10.2 Å². The quantitative estimate of drug-likeness (QED) is 0.534. The number of nitrogens with zero attached hydrogens (tertiary/aromatic N) is 4. The number of carbonyl (C=O) groups is 1. The molecule has 0 saturated heterocycles. The third-order valence-electron chi connectivity index (χ3n) is 3.40. The van der Waals surface area contributed by atoms with E-state index in [1.54, 1.807) is 12.3 Å². The molecule has 0 unspecified atom stereocenters. The van der Waals surface area contributed by atoms with Crippen molar-refractivity contribution in [2.24, 2.45) is 7.05 Å². The molecule has 0 aliphatic rings. The molecule has 3 aromatic heterocycles. The van der Waals surface area contributed by atoms with Gasteiger partial charge in [0.15, 0.2) is 16.8 Å². The van der Waals surface area contributed by atoms with E-state index in [1.807, 2.05) is 42.1 Å². The summed E-state index contributed by atoms with van der Waals surface area (Å²) in [7, 11) is 1.89. The molecule has 0 aliphatic carbocycles. The van der Waals surface area contributed by atoms with Crippen LogP contribution in [0.3, 0.4) is 0 Å². The Morgan fingerprint density at radius 3 is 2.96 bits per heavy atom. The molecule has 0 saturated carbocycles. The molecule has 0 spiro atoms. The van der Waals surface area contributed by atoms with Gasteiger partial charge in [-0.3, -0.25) is 15.7 Å². The molecular formula is C15H13N7OS. The van der Waals surface area contributed by atoms with Crippen LogP contribution in [0.4, 0.5) is 15.7 Å². The number of aromatic amines is 1. The van der Waals surface area contributed by atoms with Crippen LogP contribution >= 0.6 is 11.3 Å². The summed E-state index contributed by atoms with van der Waals surface area (Å²) in [5, 5.41) is 12.8. The maximum absolute atomic E-state index is 12.1. The molecule has 3 heterocycles. The second-order valence-electron chi connectivity index (χ2n) is 5.09. The second-order valence-corrected chi connectivity index (χ2v) is 6.13. The van der Waals surface area contributed by atoms with E-state index in [-0.39, 0.29) is 0 Å². The van der Waals surface area contributed by atoms with Gasteiger partial charge in [0, 0.05) is 25.5 Å². The smallest absolute Gasteiger partial charge is 0.326 e. The summed E-state index contributed by atoms with van der Waals surface area (Å²) in [6.45, 7) is 0. The van der Waals surface area contributed by atoms with Crippen molar-refractivity contribution in [2.75, 3.05) is 10.6 Å². The number of aromatic nitrogens is 5. The SMILES string of the molecule is Cn1ccnc1-c1cc(NC(=O)Nc2nc3ccccc3s2)n[nH]1.